The van der Waals surface area contributed by atoms with Crippen molar-refractivity contribution in [2.45, 2.75) is 12.6 Å². The van der Waals surface area contributed by atoms with Gasteiger partial charge in [0.1, 0.15) is 5.75 Å². The van der Waals surface area contributed by atoms with E-state index in [1.54, 1.807) is 41.9 Å². The summed E-state index contributed by atoms with van der Waals surface area (Å²) in [5.74, 6) is -2.84. The lowest BCUT2D eigenvalue weighted by molar-refractivity contribution is -0.228. The van der Waals surface area contributed by atoms with Crippen molar-refractivity contribution in [3.63, 3.8) is 0 Å². The number of fused-ring (bicyclic) bond motifs is 1. The third-order valence-electron chi connectivity index (χ3n) is 5.21. The topological polar surface area (TPSA) is 113 Å². The predicted molar refractivity (Wildman–Crippen MR) is 110 cm³/mol. The SMILES string of the molecule is COc1cccc(-c2c3c(n(C)c2-c2ccnc(N)n2)CCN(OC(=O)C(F)(F)F)C3=O)c1. The minimum absolute atomic E-state index is 0.00956. The van der Waals surface area contributed by atoms with E-state index >= 15 is 0 Å². The number of benzene rings is 1. The molecule has 2 N–H and O–H groups in total. The van der Waals surface area contributed by atoms with Crippen molar-refractivity contribution in [1.82, 2.24) is 19.6 Å². The summed E-state index contributed by atoms with van der Waals surface area (Å²) in [6.07, 6.45) is -3.64. The first-order chi connectivity index (χ1) is 15.6. The molecule has 0 saturated heterocycles. The van der Waals surface area contributed by atoms with E-state index in [2.05, 4.69) is 14.8 Å². The number of carbonyl (C=O) groups is 2. The van der Waals surface area contributed by atoms with Crippen molar-refractivity contribution < 1.29 is 32.3 Å². The quantitative estimate of drug-likeness (QED) is 0.636. The van der Waals surface area contributed by atoms with Crippen LogP contribution in [0.25, 0.3) is 22.5 Å². The van der Waals surface area contributed by atoms with Crippen LogP contribution in [0.3, 0.4) is 0 Å². The van der Waals surface area contributed by atoms with Crippen molar-refractivity contribution in [2.24, 2.45) is 7.05 Å². The van der Waals surface area contributed by atoms with Crippen LogP contribution in [0.4, 0.5) is 19.1 Å². The third-order valence-corrected chi connectivity index (χ3v) is 5.21. The minimum Gasteiger partial charge on any atom is -0.497 e. The van der Waals surface area contributed by atoms with E-state index in [-0.39, 0.29) is 24.5 Å². The zero-order valence-corrected chi connectivity index (χ0v) is 17.5. The Morgan fingerprint density at radius 2 is 1.97 bits per heavy atom. The number of methoxy groups -OCH3 is 1. The Morgan fingerprint density at radius 1 is 1.21 bits per heavy atom. The maximum absolute atomic E-state index is 13.3. The standard InChI is InChI=1S/C21H18F3N5O4/c1-28-14-7-9-29(33-19(31)21(22,23)24)18(30)16(14)15(11-4-3-5-12(10-11)32-2)17(28)13-6-8-26-20(25)27-13/h3-6,8,10H,7,9H2,1-2H3,(H2,25,26,27). The average molecular weight is 461 g/mol. The predicted octanol–water partition coefficient (Wildman–Crippen LogP) is 2.76. The molecule has 0 bridgehead atoms. The highest BCUT2D eigenvalue weighted by Gasteiger charge is 2.45. The summed E-state index contributed by atoms with van der Waals surface area (Å²) in [6.45, 7) is -0.242. The number of hydrogen-bond acceptors (Lipinski definition) is 7. The van der Waals surface area contributed by atoms with Gasteiger partial charge < -0.3 is 19.9 Å². The lowest BCUT2D eigenvalue weighted by Crippen LogP contribution is -2.42. The van der Waals surface area contributed by atoms with Gasteiger partial charge in [-0.1, -0.05) is 12.1 Å². The summed E-state index contributed by atoms with van der Waals surface area (Å²) in [7, 11) is 3.19. The zero-order valence-electron chi connectivity index (χ0n) is 17.5. The summed E-state index contributed by atoms with van der Waals surface area (Å²) < 4.78 is 45.2. The molecule has 9 nitrogen and oxygen atoms in total. The second-order valence-corrected chi connectivity index (χ2v) is 7.17. The Balaban J connectivity index is 1.92. The number of ether oxygens (including phenoxy) is 1. The van der Waals surface area contributed by atoms with Crippen molar-refractivity contribution in [1.29, 1.82) is 0 Å². The number of nitrogens with two attached hydrogens (primary N) is 1. The monoisotopic (exact) mass is 461 g/mol. The van der Waals surface area contributed by atoms with E-state index in [1.807, 2.05) is 0 Å². The molecule has 12 heteroatoms. The Bertz CT molecular complexity index is 1260. The van der Waals surface area contributed by atoms with Crippen LogP contribution in [0.15, 0.2) is 36.5 Å². The van der Waals surface area contributed by atoms with Gasteiger partial charge in [0.2, 0.25) is 5.95 Å². The molecule has 0 saturated carbocycles. The fraction of sp³-hybridized carbons (Fsp3) is 0.238. The van der Waals surface area contributed by atoms with Crippen LogP contribution < -0.4 is 10.5 Å². The van der Waals surface area contributed by atoms with E-state index in [1.165, 1.54) is 13.3 Å². The third kappa shape index (κ3) is 3.95. The number of nitrogens with zero attached hydrogens (tertiary/aromatic N) is 4. The lowest BCUT2D eigenvalue weighted by atomic mass is 9.96. The van der Waals surface area contributed by atoms with Gasteiger partial charge in [-0.25, -0.2) is 14.8 Å². The van der Waals surface area contributed by atoms with Gasteiger partial charge in [0.25, 0.3) is 5.91 Å². The first kappa shape index (κ1) is 22.1. The lowest BCUT2D eigenvalue weighted by Gasteiger charge is -2.26. The molecule has 2 aromatic heterocycles. The van der Waals surface area contributed by atoms with E-state index in [4.69, 9.17) is 10.5 Å². The van der Waals surface area contributed by atoms with Crippen LogP contribution in [0.2, 0.25) is 0 Å². The molecule has 4 rings (SSSR count). The van der Waals surface area contributed by atoms with E-state index in [0.717, 1.165) is 0 Å². The Hall–Kier alpha value is -4.09. The molecular formula is C21H18F3N5O4. The van der Waals surface area contributed by atoms with Gasteiger partial charge in [-0.2, -0.15) is 18.2 Å². The number of carbonyl (C=O) groups excluding carboxylic acids is 2. The van der Waals surface area contributed by atoms with Gasteiger partial charge in [-0.15, -0.1) is 0 Å². The molecule has 1 aliphatic rings. The number of anilines is 1. The second kappa shape index (κ2) is 8.11. The molecular weight excluding hydrogens is 443 g/mol. The smallest absolute Gasteiger partial charge is 0.493 e. The van der Waals surface area contributed by atoms with Gasteiger partial charge in [-0.3, -0.25) is 4.79 Å². The van der Waals surface area contributed by atoms with Gasteiger partial charge >= 0.3 is 12.1 Å². The molecule has 172 valence electrons. The van der Waals surface area contributed by atoms with Crippen LogP contribution in [0.5, 0.6) is 5.75 Å². The number of aromatic nitrogens is 3. The maximum atomic E-state index is 13.3. The van der Waals surface area contributed by atoms with Crippen LogP contribution in [-0.4, -0.2) is 51.3 Å². The highest BCUT2D eigenvalue weighted by atomic mass is 19.4. The number of halogens is 3. The summed E-state index contributed by atoms with van der Waals surface area (Å²) in [5, 5.41) is 0.431. The zero-order chi connectivity index (χ0) is 23.9. The number of alkyl halides is 3. The van der Waals surface area contributed by atoms with Crippen LogP contribution in [-0.2, 0) is 23.1 Å². The van der Waals surface area contributed by atoms with Gasteiger partial charge in [0.05, 0.1) is 30.6 Å². The molecule has 1 aliphatic heterocycles. The Kier molecular flexibility index (Phi) is 5.44. The van der Waals surface area contributed by atoms with Crippen LogP contribution in [0, 0.1) is 0 Å². The largest absolute Gasteiger partial charge is 0.497 e. The second-order valence-electron chi connectivity index (χ2n) is 7.17. The highest BCUT2D eigenvalue weighted by Crippen LogP contribution is 2.41. The highest BCUT2D eigenvalue weighted by molar-refractivity contribution is 6.07. The molecule has 0 aliphatic carbocycles. The van der Waals surface area contributed by atoms with Gasteiger partial charge in [0, 0.05) is 30.9 Å². The summed E-state index contributed by atoms with van der Waals surface area (Å²) in [4.78, 5) is 37.2. The molecule has 3 heterocycles. The first-order valence-electron chi connectivity index (χ1n) is 9.67. The Labute approximate surface area is 185 Å². The Morgan fingerprint density at radius 3 is 2.64 bits per heavy atom. The number of nitrogen functional groups attached to an aromatic ring is 1. The van der Waals surface area contributed by atoms with E-state index in [9.17, 15) is 22.8 Å². The van der Waals surface area contributed by atoms with Crippen molar-refractivity contribution >= 4 is 17.8 Å². The minimum atomic E-state index is -5.24. The number of amides is 1. The van der Waals surface area contributed by atoms with E-state index < -0.39 is 18.1 Å². The van der Waals surface area contributed by atoms with Crippen molar-refractivity contribution in [3.05, 3.63) is 47.8 Å². The fourth-order valence-corrected chi connectivity index (χ4v) is 3.79. The molecule has 1 amide bonds. The molecule has 0 radical (unpaired) electrons. The normalized spacial score (nSPS) is 13.6. The fourth-order valence-electron chi connectivity index (χ4n) is 3.79. The average Bonchev–Trinajstić information content (AvgIpc) is 3.08. The van der Waals surface area contributed by atoms with Gasteiger partial charge in [-0.05, 0) is 23.8 Å². The first-order valence-corrected chi connectivity index (χ1v) is 9.67. The number of hydrogen-bond donors (Lipinski definition) is 1. The maximum Gasteiger partial charge on any atom is 0.493 e. The van der Waals surface area contributed by atoms with E-state index in [0.29, 0.717) is 39.0 Å². The summed E-state index contributed by atoms with van der Waals surface area (Å²) >= 11 is 0. The molecule has 1 aromatic carbocycles. The number of rotatable bonds is 4. The molecule has 0 spiro atoms. The summed E-state index contributed by atoms with van der Waals surface area (Å²) in [5.41, 5.74) is 8.25. The number of hydroxylamine groups is 2. The molecule has 0 unspecified atom stereocenters. The van der Waals surface area contributed by atoms with Crippen LogP contribution >= 0.6 is 0 Å². The molecule has 0 atom stereocenters. The molecule has 33 heavy (non-hydrogen) atoms. The van der Waals surface area contributed by atoms with Crippen molar-refractivity contribution in [2.75, 3.05) is 19.4 Å². The van der Waals surface area contributed by atoms with Crippen molar-refractivity contribution in [3.8, 4) is 28.3 Å². The van der Waals surface area contributed by atoms with Gasteiger partial charge in [0.15, 0.2) is 0 Å². The van der Waals surface area contributed by atoms with Crippen LogP contribution in [0.1, 0.15) is 16.1 Å². The molecule has 0 fully saturated rings. The summed E-state index contributed by atoms with van der Waals surface area (Å²) in [6, 6.07) is 8.42. The molecule has 3 aromatic rings.